The third-order valence-electron chi connectivity index (χ3n) is 5.64. The molecule has 1 atom stereocenters. The monoisotopic (exact) mass is 397 g/mol. The fourth-order valence-corrected chi connectivity index (χ4v) is 3.96. The van der Waals surface area contributed by atoms with Crippen molar-refractivity contribution in [1.29, 1.82) is 0 Å². The van der Waals surface area contributed by atoms with Gasteiger partial charge in [0.15, 0.2) is 22.9 Å². The summed E-state index contributed by atoms with van der Waals surface area (Å²) in [7, 11) is 1.61. The SMILES string of the molecule is CNC1(C(C)=O)CN(c2ccc(-c3ccc4c(c3)OCO4)cc2)CCN1C(=O)O. The van der Waals surface area contributed by atoms with Crippen LogP contribution in [0.5, 0.6) is 11.5 Å². The summed E-state index contributed by atoms with van der Waals surface area (Å²) in [5.41, 5.74) is 1.72. The van der Waals surface area contributed by atoms with E-state index in [9.17, 15) is 14.7 Å². The van der Waals surface area contributed by atoms with Crippen LogP contribution < -0.4 is 19.7 Å². The minimum absolute atomic E-state index is 0.232. The van der Waals surface area contributed by atoms with E-state index in [0.29, 0.717) is 6.54 Å². The van der Waals surface area contributed by atoms with E-state index in [0.717, 1.165) is 28.3 Å². The Morgan fingerprint density at radius 3 is 2.38 bits per heavy atom. The molecule has 1 unspecified atom stereocenters. The number of Topliss-reactive ketones (excluding diaryl/α,β-unsaturated/α-hetero) is 1. The van der Waals surface area contributed by atoms with Gasteiger partial charge in [0, 0.05) is 18.8 Å². The first-order valence-electron chi connectivity index (χ1n) is 9.40. The Hall–Kier alpha value is -3.26. The standard InChI is InChI=1S/C21H23N3O5/c1-14(25)21(22-2)12-23(9-10-24(21)20(26)27)17-6-3-15(4-7-17)16-5-8-18-19(11-16)29-13-28-18/h3-8,11,22H,9-10,12-13H2,1-2H3,(H,26,27). The number of ketones is 1. The maximum Gasteiger partial charge on any atom is 0.409 e. The highest BCUT2D eigenvalue weighted by Crippen LogP contribution is 2.36. The minimum Gasteiger partial charge on any atom is -0.465 e. The van der Waals surface area contributed by atoms with Gasteiger partial charge in [-0.3, -0.25) is 15.0 Å². The zero-order valence-electron chi connectivity index (χ0n) is 16.3. The summed E-state index contributed by atoms with van der Waals surface area (Å²) < 4.78 is 10.8. The number of ether oxygens (including phenoxy) is 2. The summed E-state index contributed by atoms with van der Waals surface area (Å²) in [6, 6.07) is 13.8. The second-order valence-electron chi connectivity index (χ2n) is 7.14. The number of rotatable bonds is 4. The van der Waals surface area contributed by atoms with Crippen molar-refractivity contribution in [3.8, 4) is 22.6 Å². The van der Waals surface area contributed by atoms with Gasteiger partial charge in [-0.1, -0.05) is 18.2 Å². The van der Waals surface area contributed by atoms with Crippen LogP contribution in [0.3, 0.4) is 0 Å². The van der Waals surface area contributed by atoms with Crippen LogP contribution in [-0.4, -0.2) is 61.0 Å². The average Bonchev–Trinajstić information content (AvgIpc) is 3.21. The summed E-state index contributed by atoms with van der Waals surface area (Å²) in [6.07, 6.45) is -1.10. The predicted molar refractivity (Wildman–Crippen MR) is 107 cm³/mol. The second-order valence-corrected chi connectivity index (χ2v) is 7.14. The normalized spacial score (nSPS) is 20.6. The molecule has 2 N–H and O–H groups in total. The molecule has 29 heavy (non-hydrogen) atoms. The number of nitrogens with one attached hydrogen (secondary N) is 1. The van der Waals surface area contributed by atoms with Crippen molar-refractivity contribution in [3.05, 3.63) is 42.5 Å². The first-order chi connectivity index (χ1) is 13.9. The fraction of sp³-hybridized carbons (Fsp3) is 0.333. The largest absolute Gasteiger partial charge is 0.465 e. The van der Waals surface area contributed by atoms with Gasteiger partial charge in [-0.15, -0.1) is 0 Å². The van der Waals surface area contributed by atoms with Crippen molar-refractivity contribution in [3.63, 3.8) is 0 Å². The molecule has 1 fully saturated rings. The van der Waals surface area contributed by atoms with Gasteiger partial charge in [0.25, 0.3) is 0 Å². The van der Waals surface area contributed by atoms with Crippen molar-refractivity contribution in [2.45, 2.75) is 12.6 Å². The lowest BCUT2D eigenvalue weighted by atomic mass is 9.99. The summed E-state index contributed by atoms with van der Waals surface area (Å²) in [5, 5.41) is 12.5. The third-order valence-corrected chi connectivity index (χ3v) is 5.64. The van der Waals surface area contributed by atoms with Gasteiger partial charge in [-0.05, 0) is 49.4 Å². The van der Waals surface area contributed by atoms with Gasteiger partial charge < -0.3 is 19.5 Å². The molecular formula is C21H23N3O5. The van der Waals surface area contributed by atoms with Crippen LogP contribution in [0.15, 0.2) is 42.5 Å². The molecule has 1 amide bonds. The van der Waals surface area contributed by atoms with Gasteiger partial charge in [0.05, 0.1) is 6.54 Å². The number of amides is 1. The molecular weight excluding hydrogens is 374 g/mol. The molecule has 1 saturated heterocycles. The summed E-state index contributed by atoms with van der Waals surface area (Å²) in [6.45, 7) is 2.64. The molecule has 0 spiro atoms. The fourth-order valence-electron chi connectivity index (χ4n) is 3.96. The molecule has 0 aliphatic carbocycles. The van der Waals surface area contributed by atoms with Crippen molar-refractivity contribution in [2.75, 3.05) is 38.4 Å². The Balaban J connectivity index is 1.58. The number of hydrogen-bond acceptors (Lipinski definition) is 6. The Morgan fingerprint density at radius 1 is 1.03 bits per heavy atom. The highest BCUT2D eigenvalue weighted by Gasteiger charge is 2.47. The summed E-state index contributed by atoms with van der Waals surface area (Å²) in [5.74, 6) is 1.25. The maximum atomic E-state index is 12.4. The van der Waals surface area contributed by atoms with Crippen molar-refractivity contribution in [1.82, 2.24) is 10.2 Å². The lowest BCUT2D eigenvalue weighted by Crippen LogP contribution is -2.73. The number of fused-ring (bicyclic) bond motifs is 1. The average molecular weight is 397 g/mol. The summed E-state index contributed by atoms with van der Waals surface area (Å²) >= 11 is 0. The van der Waals surface area contributed by atoms with Crippen LogP contribution in [0, 0.1) is 0 Å². The Kier molecular flexibility index (Phi) is 4.79. The molecule has 8 heteroatoms. The molecule has 4 rings (SSSR count). The van der Waals surface area contributed by atoms with Crippen molar-refractivity contribution < 1.29 is 24.2 Å². The van der Waals surface area contributed by atoms with E-state index < -0.39 is 11.8 Å². The first kappa shape index (κ1) is 19.1. The topological polar surface area (TPSA) is 91.3 Å². The van der Waals surface area contributed by atoms with E-state index in [1.54, 1.807) is 7.05 Å². The van der Waals surface area contributed by atoms with Crippen LogP contribution >= 0.6 is 0 Å². The number of likely N-dealkylation sites (N-methyl/N-ethyl adjacent to an activating group) is 1. The van der Waals surface area contributed by atoms with Crippen LogP contribution in [0.1, 0.15) is 6.92 Å². The maximum absolute atomic E-state index is 12.4. The first-order valence-corrected chi connectivity index (χ1v) is 9.40. The van der Waals surface area contributed by atoms with Gasteiger partial charge in [-0.2, -0.15) is 0 Å². The Morgan fingerprint density at radius 2 is 1.72 bits per heavy atom. The number of hydrogen-bond donors (Lipinski definition) is 2. The number of nitrogens with zero attached hydrogens (tertiary/aromatic N) is 2. The second kappa shape index (κ2) is 7.29. The van der Waals surface area contributed by atoms with Crippen molar-refractivity contribution >= 4 is 17.6 Å². The smallest absolute Gasteiger partial charge is 0.409 e. The van der Waals surface area contributed by atoms with Gasteiger partial charge in [-0.25, -0.2) is 4.79 Å². The molecule has 0 saturated carbocycles. The van der Waals surface area contributed by atoms with Crippen LogP contribution in [-0.2, 0) is 4.79 Å². The molecule has 8 nitrogen and oxygen atoms in total. The van der Waals surface area contributed by atoms with E-state index in [-0.39, 0.29) is 25.7 Å². The van der Waals surface area contributed by atoms with E-state index in [2.05, 4.69) is 5.32 Å². The zero-order chi connectivity index (χ0) is 20.6. The number of carboxylic acid groups (broad SMARTS) is 1. The van der Waals surface area contributed by atoms with Crippen molar-refractivity contribution in [2.24, 2.45) is 0 Å². The Bertz CT molecular complexity index is 946. The molecule has 0 aromatic heterocycles. The lowest BCUT2D eigenvalue weighted by molar-refractivity contribution is -0.130. The zero-order valence-corrected chi connectivity index (χ0v) is 16.3. The number of piperazine rings is 1. The molecule has 2 aromatic carbocycles. The lowest BCUT2D eigenvalue weighted by Gasteiger charge is -2.48. The predicted octanol–water partition coefficient (Wildman–Crippen LogP) is 2.39. The van der Waals surface area contributed by atoms with Gasteiger partial charge in [0.1, 0.15) is 0 Å². The minimum atomic E-state index is -1.26. The molecule has 2 aliphatic rings. The molecule has 0 radical (unpaired) electrons. The molecule has 2 heterocycles. The van der Waals surface area contributed by atoms with Gasteiger partial charge >= 0.3 is 6.09 Å². The highest BCUT2D eigenvalue weighted by atomic mass is 16.7. The molecule has 0 bridgehead atoms. The van der Waals surface area contributed by atoms with E-state index in [4.69, 9.17) is 9.47 Å². The van der Waals surface area contributed by atoms with Crippen LogP contribution in [0.2, 0.25) is 0 Å². The number of carbonyl (C=O) groups excluding carboxylic acids is 1. The number of carbonyl (C=O) groups is 2. The number of anilines is 1. The third kappa shape index (κ3) is 3.25. The van der Waals surface area contributed by atoms with Crippen LogP contribution in [0.25, 0.3) is 11.1 Å². The van der Waals surface area contributed by atoms with E-state index in [1.807, 2.05) is 47.4 Å². The number of benzene rings is 2. The Labute approximate surface area is 168 Å². The van der Waals surface area contributed by atoms with E-state index in [1.165, 1.54) is 11.8 Å². The summed E-state index contributed by atoms with van der Waals surface area (Å²) in [4.78, 5) is 27.2. The molecule has 2 aromatic rings. The molecule has 2 aliphatic heterocycles. The molecule has 152 valence electrons. The quantitative estimate of drug-likeness (QED) is 0.818. The highest BCUT2D eigenvalue weighted by molar-refractivity contribution is 5.90. The van der Waals surface area contributed by atoms with Crippen LogP contribution in [0.4, 0.5) is 10.5 Å². The van der Waals surface area contributed by atoms with Gasteiger partial charge in [0.2, 0.25) is 6.79 Å². The van der Waals surface area contributed by atoms with E-state index >= 15 is 0 Å².